The Morgan fingerprint density at radius 3 is 2.36 bits per heavy atom. The summed E-state index contributed by atoms with van der Waals surface area (Å²) in [5.74, 6) is 0. The summed E-state index contributed by atoms with van der Waals surface area (Å²) < 4.78 is 27.6. The lowest BCUT2D eigenvalue weighted by Gasteiger charge is -2.06. The number of fused-ring (bicyclic) bond motifs is 4. The maximum absolute atomic E-state index is 7.74. The lowest BCUT2D eigenvalue weighted by molar-refractivity contribution is -0.659. The molecule has 6 aromatic rings. The van der Waals surface area contributed by atoms with Gasteiger partial charge in [0.25, 0.3) is 0 Å². The molecular formula is C31H27N2+. The van der Waals surface area contributed by atoms with Gasteiger partial charge in [-0.3, -0.25) is 0 Å². The van der Waals surface area contributed by atoms with Gasteiger partial charge in [0.2, 0.25) is 5.69 Å². The summed E-state index contributed by atoms with van der Waals surface area (Å²) in [5, 5.41) is 4.83. The first-order valence-electron chi connectivity index (χ1n) is 12.7. The normalized spacial score (nSPS) is 13.4. The molecule has 2 nitrogen and oxygen atoms in total. The van der Waals surface area contributed by atoms with Crippen LogP contribution in [-0.2, 0) is 14.1 Å². The van der Waals surface area contributed by atoms with Crippen molar-refractivity contribution in [2.24, 2.45) is 14.1 Å². The predicted molar refractivity (Wildman–Crippen MR) is 139 cm³/mol. The Kier molecular flexibility index (Phi) is 3.70. The van der Waals surface area contributed by atoms with Crippen molar-refractivity contribution < 1.29 is 8.68 Å². The van der Waals surface area contributed by atoms with E-state index in [0.717, 1.165) is 22.3 Å². The van der Waals surface area contributed by atoms with Crippen molar-refractivity contribution >= 4 is 32.6 Å². The van der Waals surface area contributed by atoms with Crippen LogP contribution >= 0.6 is 0 Å². The highest BCUT2D eigenvalue weighted by Gasteiger charge is 2.19. The van der Waals surface area contributed by atoms with Crippen molar-refractivity contribution in [2.75, 3.05) is 0 Å². The van der Waals surface area contributed by atoms with E-state index in [0.29, 0.717) is 5.56 Å². The van der Waals surface area contributed by atoms with Gasteiger partial charge >= 0.3 is 0 Å². The van der Waals surface area contributed by atoms with E-state index >= 15 is 0 Å². The van der Waals surface area contributed by atoms with Gasteiger partial charge in [0.15, 0.2) is 6.20 Å². The number of pyridine rings is 1. The van der Waals surface area contributed by atoms with Crippen molar-refractivity contribution in [3.05, 3.63) is 102 Å². The maximum Gasteiger partial charge on any atom is 0.213 e. The van der Waals surface area contributed by atoms with Gasteiger partial charge in [-0.25, -0.2) is 0 Å². The topological polar surface area (TPSA) is 8.81 Å². The Morgan fingerprint density at radius 1 is 0.758 bits per heavy atom. The van der Waals surface area contributed by atoms with Crippen LogP contribution in [0.15, 0.2) is 91.1 Å². The summed E-state index contributed by atoms with van der Waals surface area (Å²) in [4.78, 5) is 0. The van der Waals surface area contributed by atoms with E-state index < -0.39 is 6.85 Å². The Balaban J connectivity index is 1.55. The molecule has 0 aliphatic heterocycles. The second kappa shape index (κ2) is 7.31. The molecular weight excluding hydrogens is 400 g/mol. The number of hydrogen-bond acceptors (Lipinski definition) is 0. The molecule has 0 aliphatic rings. The fraction of sp³-hybridized carbons (Fsp3) is 0.129. The Morgan fingerprint density at radius 2 is 1.58 bits per heavy atom. The van der Waals surface area contributed by atoms with Crippen molar-refractivity contribution in [3.63, 3.8) is 0 Å². The SMILES string of the molecule is [2H]C([2H])([2H])c1ccc(-c2cc3c4cc5ccc(-c6ccccc6)cc5cc4n(C)c3c[n+]2C)c(C)c1. The number of benzene rings is 4. The highest BCUT2D eigenvalue weighted by atomic mass is 15.0. The third-order valence-electron chi connectivity index (χ3n) is 6.83. The number of aromatic nitrogens is 2. The van der Waals surface area contributed by atoms with Gasteiger partial charge in [-0.2, -0.15) is 4.57 Å². The van der Waals surface area contributed by atoms with Crippen LogP contribution in [-0.4, -0.2) is 4.57 Å². The van der Waals surface area contributed by atoms with Crippen LogP contribution in [0, 0.1) is 13.8 Å². The molecule has 0 saturated carbocycles. The molecule has 0 saturated heterocycles. The third kappa shape index (κ3) is 3.14. The molecule has 2 aromatic heterocycles. The van der Waals surface area contributed by atoms with Crippen LogP contribution in [0.2, 0.25) is 0 Å². The fourth-order valence-electron chi connectivity index (χ4n) is 5.06. The van der Waals surface area contributed by atoms with E-state index in [1.54, 1.807) is 12.1 Å². The summed E-state index contributed by atoms with van der Waals surface area (Å²) in [7, 11) is 4.17. The van der Waals surface area contributed by atoms with Crippen LogP contribution in [0.5, 0.6) is 0 Å². The van der Waals surface area contributed by atoms with E-state index in [2.05, 4.69) is 83.0 Å². The molecule has 2 heteroatoms. The summed E-state index contributed by atoms with van der Waals surface area (Å²) in [6, 6.07) is 29.4. The minimum Gasteiger partial charge on any atom is -0.339 e. The van der Waals surface area contributed by atoms with E-state index in [4.69, 9.17) is 4.11 Å². The zero-order valence-electron chi connectivity index (χ0n) is 22.1. The molecule has 0 amide bonds. The van der Waals surface area contributed by atoms with Crippen LogP contribution in [0.1, 0.15) is 15.2 Å². The van der Waals surface area contributed by atoms with Crippen molar-refractivity contribution in [2.45, 2.75) is 13.8 Å². The minimum absolute atomic E-state index is 0.374. The van der Waals surface area contributed by atoms with Gasteiger partial charge in [0.05, 0.1) is 0 Å². The summed E-state index contributed by atoms with van der Waals surface area (Å²) in [6.45, 7) is -0.123. The number of aryl methyl sites for hydroxylation is 4. The lowest BCUT2D eigenvalue weighted by Crippen LogP contribution is -2.30. The first-order valence-corrected chi connectivity index (χ1v) is 11.2. The quantitative estimate of drug-likeness (QED) is 0.256. The summed E-state index contributed by atoms with van der Waals surface area (Å²) in [5.41, 5.74) is 8.21. The molecule has 0 bridgehead atoms. The van der Waals surface area contributed by atoms with E-state index in [9.17, 15) is 0 Å². The van der Waals surface area contributed by atoms with E-state index in [1.807, 2.05) is 26.1 Å². The molecule has 0 radical (unpaired) electrons. The van der Waals surface area contributed by atoms with Gasteiger partial charge in [-0.15, -0.1) is 0 Å². The van der Waals surface area contributed by atoms with Crippen LogP contribution < -0.4 is 4.57 Å². The highest BCUT2D eigenvalue weighted by Crippen LogP contribution is 2.35. The predicted octanol–water partition coefficient (Wildman–Crippen LogP) is 7.26. The first-order chi connectivity index (χ1) is 17.2. The summed E-state index contributed by atoms with van der Waals surface area (Å²) in [6.07, 6.45) is 2.17. The van der Waals surface area contributed by atoms with Crippen LogP contribution in [0.25, 0.3) is 55.0 Å². The smallest absolute Gasteiger partial charge is 0.213 e. The maximum atomic E-state index is 7.74. The zero-order valence-corrected chi connectivity index (χ0v) is 19.1. The Hall–Kier alpha value is -3.91. The van der Waals surface area contributed by atoms with Crippen molar-refractivity contribution in [1.82, 2.24) is 4.57 Å². The van der Waals surface area contributed by atoms with Gasteiger partial charge in [0.1, 0.15) is 12.6 Å². The first kappa shape index (κ1) is 16.7. The lowest BCUT2D eigenvalue weighted by atomic mass is 9.99. The molecule has 33 heavy (non-hydrogen) atoms. The molecule has 0 N–H and O–H groups in total. The average Bonchev–Trinajstić information content (AvgIpc) is 3.12. The molecule has 0 fully saturated rings. The second-order valence-electron chi connectivity index (χ2n) is 8.95. The van der Waals surface area contributed by atoms with E-state index in [1.165, 1.54) is 38.2 Å². The summed E-state index contributed by atoms with van der Waals surface area (Å²) >= 11 is 0. The molecule has 0 unspecified atom stereocenters. The minimum atomic E-state index is -2.10. The molecule has 6 rings (SSSR count). The Labute approximate surface area is 198 Å². The monoisotopic (exact) mass is 430 g/mol. The van der Waals surface area contributed by atoms with Crippen molar-refractivity contribution in [3.8, 4) is 22.4 Å². The molecule has 0 atom stereocenters. The fourth-order valence-corrected chi connectivity index (χ4v) is 5.06. The average molecular weight is 431 g/mol. The van der Waals surface area contributed by atoms with Gasteiger partial charge in [0, 0.05) is 39.1 Å². The highest BCUT2D eigenvalue weighted by molar-refractivity contribution is 6.13. The second-order valence-corrected chi connectivity index (χ2v) is 8.95. The number of hydrogen-bond donors (Lipinski definition) is 0. The van der Waals surface area contributed by atoms with Gasteiger partial charge in [-0.1, -0.05) is 60.2 Å². The molecule has 160 valence electrons. The molecule has 0 aliphatic carbocycles. The molecule has 4 aromatic carbocycles. The number of nitrogens with zero attached hydrogens (tertiary/aromatic N) is 2. The van der Waals surface area contributed by atoms with Gasteiger partial charge < -0.3 is 4.57 Å². The number of rotatable bonds is 2. The van der Waals surface area contributed by atoms with Crippen LogP contribution in [0.4, 0.5) is 0 Å². The van der Waals surface area contributed by atoms with Gasteiger partial charge in [-0.05, 0) is 65.5 Å². The third-order valence-corrected chi connectivity index (χ3v) is 6.83. The van der Waals surface area contributed by atoms with Crippen LogP contribution in [0.3, 0.4) is 0 Å². The van der Waals surface area contributed by atoms with E-state index in [-0.39, 0.29) is 0 Å². The zero-order chi connectivity index (χ0) is 25.2. The molecule has 2 heterocycles. The van der Waals surface area contributed by atoms with Crippen molar-refractivity contribution in [1.29, 1.82) is 0 Å². The Bertz CT molecular complexity index is 1800. The standard InChI is InChI=1S/C31H27N2/c1-20-10-13-26(21(2)14-20)29-18-28-27-16-24-12-11-23(22-8-6-5-7-9-22)15-25(24)17-30(27)33(4)31(28)19-32(29)3/h5-19H,1-4H3/q+1/i1D3. The molecule has 0 spiro atoms. The largest absolute Gasteiger partial charge is 0.339 e.